The largest absolute Gasteiger partial charge is 0.462 e. The van der Waals surface area contributed by atoms with Gasteiger partial charge in [-0.1, -0.05) is 71.1 Å². The van der Waals surface area contributed by atoms with Crippen LogP contribution in [0, 0.1) is 46.3 Å². The number of epoxide rings is 3. The number of carbonyl (C=O) groups excluding carboxylic acids is 3. The number of esters is 3. The molecule has 0 bridgehead atoms. The number of hydrogen-bond acceptors (Lipinski definition) is 11. The lowest BCUT2D eigenvalue weighted by Gasteiger charge is -2.53. The second kappa shape index (κ2) is 14.2. The van der Waals surface area contributed by atoms with E-state index in [0.717, 1.165) is 55.2 Å². The standard InChI is InChI=1S/C51H66O11/c1-26(2)49-43(61-49)44-51(62-44)48(6)21-19-33-34(25-57-45(33)56)37(48)24-40-50(51,60-40)46(49)59-42(55)18-17-41(54)58-32-22-31(28(4)39(53)23-32)13-10-29-8-7-20-47(5)35(14-15-36(29)47)27(3)9-16-38(52)30-11-12-30/h9-10,13,16,26-27,30,32,35-40,43-44,46,52-53H,4,7-8,11-12,14-15,17-25H2,1-3,5-6H3/b16-9+,29-10+,31-13-/t27-,32+,35?,36?,37-,38+,39-,40-,43-,44-,46+,47+,48-,49-,50+,51+/m0/s1. The van der Waals surface area contributed by atoms with Crippen LogP contribution < -0.4 is 0 Å². The maximum absolute atomic E-state index is 13.8. The number of ether oxygens (including phenoxy) is 6. The summed E-state index contributed by atoms with van der Waals surface area (Å²) in [5, 5.41) is 21.5. The summed E-state index contributed by atoms with van der Waals surface area (Å²) in [7, 11) is 0. The molecule has 4 aliphatic heterocycles. The summed E-state index contributed by atoms with van der Waals surface area (Å²) in [6.07, 6.45) is 16.1. The van der Waals surface area contributed by atoms with Crippen LogP contribution in [0.25, 0.3) is 0 Å². The van der Waals surface area contributed by atoms with Gasteiger partial charge in [-0.25, -0.2) is 4.79 Å². The molecule has 11 rings (SSSR count). The lowest BCUT2D eigenvalue weighted by molar-refractivity contribution is -0.171. The van der Waals surface area contributed by atoms with Gasteiger partial charge >= 0.3 is 17.9 Å². The van der Waals surface area contributed by atoms with E-state index in [1.807, 2.05) is 6.08 Å². The molecule has 0 aromatic heterocycles. The minimum atomic E-state index is -0.860. The molecule has 6 saturated carbocycles. The van der Waals surface area contributed by atoms with Crippen molar-refractivity contribution in [2.24, 2.45) is 46.3 Å². The highest BCUT2D eigenvalue weighted by Crippen LogP contribution is 2.83. The predicted molar refractivity (Wildman–Crippen MR) is 226 cm³/mol. The summed E-state index contributed by atoms with van der Waals surface area (Å²) in [5.41, 5.74) is 2.43. The van der Waals surface area contributed by atoms with Gasteiger partial charge in [-0.15, -0.1) is 0 Å². The van der Waals surface area contributed by atoms with Crippen molar-refractivity contribution >= 4 is 17.9 Å². The molecule has 11 aliphatic rings. The third kappa shape index (κ3) is 5.81. The first-order chi connectivity index (χ1) is 29.6. The molecule has 336 valence electrons. The first kappa shape index (κ1) is 41.6. The molecule has 0 aromatic rings. The second-order valence-electron chi connectivity index (χ2n) is 22.1. The number of rotatable bonds is 11. The fraction of sp³-hybridized carbons (Fsp3) is 0.745. The highest BCUT2D eigenvalue weighted by atomic mass is 16.8. The summed E-state index contributed by atoms with van der Waals surface area (Å²) in [5.74, 6) is 0.782. The third-order valence-corrected chi connectivity index (χ3v) is 18.8. The van der Waals surface area contributed by atoms with E-state index in [2.05, 4.69) is 59.4 Å². The maximum Gasteiger partial charge on any atom is 0.334 e. The van der Waals surface area contributed by atoms with Crippen LogP contribution in [0.2, 0.25) is 0 Å². The smallest absolute Gasteiger partial charge is 0.334 e. The van der Waals surface area contributed by atoms with E-state index in [-0.39, 0.29) is 72.3 Å². The minimum Gasteiger partial charge on any atom is -0.462 e. The van der Waals surface area contributed by atoms with Crippen molar-refractivity contribution < 1.29 is 53.0 Å². The van der Waals surface area contributed by atoms with E-state index in [0.29, 0.717) is 55.1 Å². The monoisotopic (exact) mass is 854 g/mol. The van der Waals surface area contributed by atoms with Crippen LogP contribution in [0.5, 0.6) is 0 Å². The molecule has 2 unspecified atom stereocenters. The van der Waals surface area contributed by atoms with Gasteiger partial charge in [-0.2, -0.15) is 0 Å². The molecule has 16 atom stereocenters. The molecule has 0 amide bonds. The highest BCUT2D eigenvalue weighted by molar-refractivity contribution is 5.92. The zero-order valence-corrected chi connectivity index (χ0v) is 37.2. The first-order valence-corrected chi connectivity index (χ1v) is 24.0. The van der Waals surface area contributed by atoms with Crippen molar-refractivity contribution in [1.29, 1.82) is 0 Å². The maximum atomic E-state index is 13.8. The molecule has 2 N–H and O–H groups in total. The van der Waals surface area contributed by atoms with Crippen LogP contribution in [0.15, 0.2) is 58.7 Å². The Labute approximate surface area is 365 Å². The van der Waals surface area contributed by atoms with Crippen LogP contribution in [-0.4, -0.2) is 94.3 Å². The number of hydrogen-bond donors (Lipinski definition) is 2. The number of aliphatic hydroxyl groups excluding tert-OH is 2. The quantitative estimate of drug-likeness (QED) is 0.0947. The van der Waals surface area contributed by atoms with Gasteiger partial charge in [-0.05, 0) is 122 Å². The Balaban J connectivity index is 0.735. The van der Waals surface area contributed by atoms with Crippen molar-refractivity contribution in [3.8, 4) is 0 Å². The Kier molecular flexibility index (Phi) is 9.53. The summed E-state index contributed by atoms with van der Waals surface area (Å²) >= 11 is 0. The molecule has 9 fully saturated rings. The second-order valence-corrected chi connectivity index (χ2v) is 22.1. The van der Waals surface area contributed by atoms with Gasteiger partial charge in [0.25, 0.3) is 0 Å². The fourth-order valence-corrected chi connectivity index (χ4v) is 15.2. The highest BCUT2D eigenvalue weighted by Gasteiger charge is 3.01. The van der Waals surface area contributed by atoms with Gasteiger partial charge in [0, 0.05) is 23.8 Å². The van der Waals surface area contributed by atoms with Gasteiger partial charge in [0.2, 0.25) is 0 Å². The molecule has 2 spiro atoms. The third-order valence-electron chi connectivity index (χ3n) is 18.8. The average Bonchev–Trinajstić information content (AvgIpc) is 4.08. The Hall–Kier alpha value is -3.09. The van der Waals surface area contributed by atoms with Crippen molar-refractivity contribution in [3.05, 3.63) is 58.7 Å². The van der Waals surface area contributed by atoms with E-state index >= 15 is 0 Å². The molecule has 11 heteroatoms. The molecule has 62 heavy (non-hydrogen) atoms. The SMILES string of the molecule is C=C1/C(=C\C=C2/CCC[C@@]3(C)C2CCC3[C@@H](C)/C=C/[C@@H](O)C2CC2)C[C@@H](OC(=O)CCC(=O)O[C@@H]2[C@@]3(C(C)C)O[C@H]3[C@@H]3O[C@]34[C@]23O[C@H]3C[C@H]2C3=C(CC[C@@]24C)C(=O)OC3)C[C@@H]1O. The van der Waals surface area contributed by atoms with Gasteiger partial charge in [0.05, 0.1) is 31.2 Å². The molecular formula is C51H66O11. The molecular weight excluding hydrogens is 789 g/mol. The van der Waals surface area contributed by atoms with Gasteiger partial charge < -0.3 is 38.6 Å². The Morgan fingerprint density at radius 2 is 1.69 bits per heavy atom. The normalized spacial score (nSPS) is 48.0. The van der Waals surface area contributed by atoms with Crippen LogP contribution in [0.3, 0.4) is 0 Å². The summed E-state index contributed by atoms with van der Waals surface area (Å²) < 4.78 is 38.0. The van der Waals surface area contributed by atoms with E-state index in [4.69, 9.17) is 28.4 Å². The number of carbonyl (C=O) groups is 3. The van der Waals surface area contributed by atoms with E-state index < -0.39 is 47.1 Å². The van der Waals surface area contributed by atoms with Crippen molar-refractivity contribution in [1.82, 2.24) is 0 Å². The molecule has 0 aromatic carbocycles. The van der Waals surface area contributed by atoms with E-state index in [1.165, 1.54) is 18.4 Å². The van der Waals surface area contributed by atoms with Gasteiger partial charge in [0.15, 0.2) is 11.7 Å². The molecule has 11 nitrogen and oxygen atoms in total. The predicted octanol–water partition coefficient (Wildman–Crippen LogP) is 7.09. The molecule has 3 saturated heterocycles. The minimum absolute atomic E-state index is 0.0232. The first-order valence-electron chi connectivity index (χ1n) is 24.0. The van der Waals surface area contributed by atoms with Crippen molar-refractivity contribution in [3.63, 3.8) is 0 Å². The zero-order valence-electron chi connectivity index (χ0n) is 37.2. The van der Waals surface area contributed by atoms with Crippen molar-refractivity contribution in [2.45, 2.75) is 184 Å². The summed E-state index contributed by atoms with van der Waals surface area (Å²) in [6.45, 7) is 15.7. The number of aliphatic hydroxyl groups is 2. The van der Waals surface area contributed by atoms with Crippen LogP contribution in [0.1, 0.15) is 125 Å². The van der Waals surface area contributed by atoms with Crippen LogP contribution in [-0.2, 0) is 42.8 Å². The van der Waals surface area contributed by atoms with E-state index in [9.17, 15) is 24.6 Å². The van der Waals surface area contributed by atoms with E-state index in [1.54, 1.807) is 0 Å². The Morgan fingerprint density at radius 3 is 2.45 bits per heavy atom. The number of fused-ring (bicyclic) bond motifs is 5. The van der Waals surface area contributed by atoms with Crippen LogP contribution >= 0.6 is 0 Å². The topological polar surface area (TPSA) is 157 Å². The van der Waals surface area contributed by atoms with Crippen LogP contribution in [0.4, 0.5) is 0 Å². The average molecular weight is 855 g/mol. The summed E-state index contributed by atoms with van der Waals surface area (Å²) in [4.78, 5) is 39.8. The van der Waals surface area contributed by atoms with Gasteiger partial charge in [0.1, 0.15) is 36.1 Å². The molecule has 7 aliphatic carbocycles. The molecule has 0 radical (unpaired) electrons. The number of allylic oxidation sites excluding steroid dienone is 4. The zero-order chi connectivity index (χ0) is 43.3. The lowest BCUT2D eigenvalue weighted by Crippen LogP contribution is -2.70. The molecule has 4 heterocycles. The Bertz CT molecular complexity index is 2100. The Morgan fingerprint density at radius 1 is 0.919 bits per heavy atom. The fourth-order valence-electron chi connectivity index (χ4n) is 15.2. The van der Waals surface area contributed by atoms with Crippen molar-refractivity contribution in [2.75, 3.05) is 6.61 Å². The lowest BCUT2D eigenvalue weighted by atomic mass is 9.46. The summed E-state index contributed by atoms with van der Waals surface area (Å²) in [6, 6.07) is 0. The van der Waals surface area contributed by atoms with Gasteiger partial charge in [-0.3, -0.25) is 9.59 Å². The number of cyclic esters (lactones) is 1.